The van der Waals surface area contributed by atoms with Crippen LogP contribution in [0.25, 0.3) is 33.8 Å². The van der Waals surface area contributed by atoms with Gasteiger partial charge in [-0.05, 0) is 82.1 Å². The summed E-state index contributed by atoms with van der Waals surface area (Å²) in [5.41, 5.74) is 2.41. The number of alkyl halides is 6. The molecule has 0 bridgehead atoms. The van der Waals surface area contributed by atoms with Crippen molar-refractivity contribution >= 4 is 64.6 Å². The molecule has 10 rings (SSSR count). The summed E-state index contributed by atoms with van der Waals surface area (Å²) in [5, 5.41) is 16.7. The van der Waals surface area contributed by atoms with Gasteiger partial charge in [0.25, 0.3) is 11.8 Å². The normalized spacial score (nSPS) is 14.2. The van der Waals surface area contributed by atoms with E-state index in [1.54, 1.807) is 46.3 Å². The van der Waals surface area contributed by atoms with Gasteiger partial charge in [-0.25, -0.2) is 24.7 Å². The molecular formula is C51H55ClF6N16O4. The molecule has 0 spiro atoms. The Kier molecular flexibility index (Phi) is 15.8. The van der Waals surface area contributed by atoms with E-state index in [1.807, 2.05) is 45.6 Å². The molecule has 20 nitrogen and oxygen atoms in total. The van der Waals surface area contributed by atoms with Gasteiger partial charge in [-0.15, -0.1) is 12.4 Å². The predicted octanol–water partition coefficient (Wildman–Crippen LogP) is 8.56. The number of imidazole rings is 2. The van der Waals surface area contributed by atoms with E-state index in [-0.39, 0.29) is 46.7 Å². The molecular weight excluding hydrogens is 1050 g/mol. The van der Waals surface area contributed by atoms with Gasteiger partial charge in [-0.1, -0.05) is 0 Å². The first-order chi connectivity index (χ1) is 36.4. The molecule has 2 aliphatic heterocycles. The molecule has 8 aromatic rings. The van der Waals surface area contributed by atoms with Gasteiger partial charge in [0, 0.05) is 126 Å². The molecule has 0 radical (unpaired) electrons. The van der Waals surface area contributed by atoms with Crippen LogP contribution in [0, 0.1) is 13.8 Å². The quantitative estimate of drug-likeness (QED) is 0.122. The molecule has 0 atom stereocenters. The standard InChI is InChI=1S/C28H31F3N8O3.C23H23F3N8O.ClH/c1-17-14-18(6-7-19(17)25(40)37-10-12-38(13-11-37)26(41)42-27(2,3)4)34-23-24-33-15-21(39(24)9-8-32-23)20-16-36(5)35-22(20)28(29,30)31;1-14-11-15(3-4-16(14)22(35)33-8-5-27-6-9-33)30-20-21-29-12-18(34(21)10-7-28-20)17-13-32(2)31-19(17)23(24,25)26;/h6-9,14-16H,10-13H2,1-5H3,(H,32,34);3-4,7,10-13,27H,5-6,8-9H2,1-2H3,(H,28,30);1H. The second-order valence-electron chi connectivity index (χ2n) is 19.5. The maximum absolute atomic E-state index is 13.6. The van der Waals surface area contributed by atoms with E-state index < -0.39 is 35.4 Å². The van der Waals surface area contributed by atoms with Gasteiger partial charge in [0.1, 0.15) is 5.60 Å². The number of aromatic nitrogens is 10. The summed E-state index contributed by atoms with van der Waals surface area (Å²) < 4.78 is 92.0. The van der Waals surface area contributed by atoms with Gasteiger partial charge in [-0.2, -0.15) is 36.5 Å². The maximum Gasteiger partial charge on any atom is 0.435 e. The van der Waals surface area contributed by atoms with E-state index in [0.29, 0.717) is 84.7 Å². The van der Waals surface area contributed by atoms with Gasteiger partial charge in [0.15, 0.2) is 34.3 Å². The lowest BCUT2D eigenvalue weighted by molar-refractivity contribution is -0.141. The summed E-state index contributed by atoms with van der Waals surface area (Å²) in [7, 11) is 2.87. The minimum atomic E-state index is -4.63. The number of rotatable bonds is 8. The average molecular weight is 1110 g/mol. The number of amides is 3. The number of benzene rings is 2. The number of carbonyl (C=O) groups is 3. The fourth-order valence-electron chi connectivity index (χ4n) is 9.05. The largest absolute Gasteiger partial charge is 0.444 e. The molecule has 2 aliphatic rings. The first kappa shape index (κ1) is 56.0. The molecule has 2 aromatic carbocycles. The molecule has 412 valence electrons. The second-order valence-corrected chi connectivity index (χ2v) is 19.5. The number of nitrogens with one attached hydrogen (secondary N) is 3. The molecule has 0 aliphatic carbocycles. The van der Waals surface area contributed by atoms with Crippen LogP contribution in [0.3, 0.4) is 0 Å². The van der Waals surface area contributed by atoms with E-state index >= 15 is 0 Å². The fourth-order valence-corrected chi connectivity index (χ4v) is 9.05. The van der Waals surface area contributed by atoms with Gasteiger partial charge in [-0.3, -0.25) is 27.8 Å². The SMILES string of the molecule is Cc1cc(Nc2nccn3c(-c4cn(C)nc4C(F)(F)F)cnc23)ccc1C(=O)N1CCN(C(=O)OC(C)(C)C)CC1.Cc1cc(Nc2nccn3c(-c4cn(C)nc4C(F)(F)F)cnc23)ccc1C(=O)N1CCNCC1.Cl. The van der Waals surface area contributed by atoms with Crippen molar-refractivity contribution < 1.29 is 45.5 Å². The van der Waals surface area contributed by atoms with E-state index in [1.165, 1.54) is 66.3 Å². The van der Waals surface area contributed by atoms with E-state index in [2.05, 4.69) is 46.1 Å². The molecule has 0 unspecified atom stereocenters. The number of hydrogen-bond donors (Lipinski definition) is 3. The Balaban J connectivity index is 0.000000206. The maximum atomic E-state index is 13.6. The van der Waals surface area contributed by atoms with Crippen molar-refractivity contribution in [2.24, 2.45) is 14.1 Å². The first-order valence-electron chi connectivity index (χ1n) is 24.3. The zero-order chi connectivity index (χ0) is 55.1. The molecule has 0 saturated carbocycles. The lowest BCUT2D eigenvalue weighted by Crippen LogP contribution is -2.51. The molecule has 27 heteroatoms. The van der Waals surface area contributed by atoms with Crippen molar-refractivity contribution in [3.8, 4) is 22.5 Å². The number of halogens is 7. The molecule has 3 N–H and O–H groups in total. The van der Waals surface area contributed by atoms with Crippen molar-refractivity contribution in [1.82, 2.24) is 68.3 Å². The third-order valence-corrected chi connectivity index (χ3v) is 12.7. The van der Waals surface area contributed by atoms with E-state index in [4.69, 9.17) is 4.74 Å². The number of anilines is 4. The second kappa shape index (κ2) is 22.0. The van der Waals surface area contributed by atoms with Crippen LogP contribution in [0.2, 0.25) is 0 Å². The third kappa shape index (κ3) is 12.0. The number of aryl methyl sites for hydroxylation is 4. The van der Waals surface area contributed by atoms with Crippen LogP contribution in [0.15, 0.2) is 86.0 Å². The van der Waals surface area contributed by atoms with Gasteiger partial charge < -0.3 is 35.4 Å². The number of hydrogen-bond acceptors (Lipinski definition) is 13. The van der Waals surface area contributed by atoms with Crippen molar-refractivity contribution in [3.63, 3.8) is 0 Å². The van der Waals surface area contributed by atoms with E-state index in [9.17, 15) is 40.7 Å². The lowest BCUT2D eigenvalue weighted by Gasteiger charge is -2.35. The summed E-state index contributed by atoms with van der Waals surface area (Å²) >= 11 is 0. The Bertz CT molecular complexity index is 3510. The highest BCUT2D eigenvalue weighted by atomic mass is 35.5. The number of fused-ring (bicyclic) bond motifs is 2. The summed E-state index contributed by atoms with van der Waals surface area (Å²) in [6.45, 7) is 13.5. The minimum Gasteiger partial charge on any atom is -0.444 e. The zero-order valence-corrected chi connectivity index (χ0v) is 44.2. The Morgan fingerprint density at radius 1 is 0.603 bits per heavy atom. The molecule has 8 heterocycles. The highest BCUT2D eigenvalue weighted by Gasteiger charge is 2.39. The topological polar surface area (TPSA) is 202 Å². The Hall–Kier alpha value is -8.26. The van der Waals surface area contributed by atoms with Crippen molar-refractivity contribution in [1.29, 1.82) is 0 Å². The third-order valence-electron chi connectivity index (χ3n) is 12.7. The number of carbonyl (C=O) groups excluding carboxylic acids is 3. The Labute approximate surface area is 448 Å². The van der Waals surface area contributed by atoms with Crippen molar-refractivity contribution in [2.45, 2.75) is 52.6 Å². The highest BCUT2D eigenvalue weighted by molar-refractivity contribution is 5.97. The Morgan fingerprint density at radius 3 is 1.41 bits per heavy atom. The van der Waals surface area contributed by atoms with Crippen LogP contribution in [0.1, 0.15) is 64.0 Å². The molecule has 78 heavy (non-hydrogen) atoms. The van der Waals surface area contributed by atoms with Crippen LogP contribution in [-0.4, -0.2) is 139 Å². The Morgan fingerprint density at radius 2 is 1.01 bits per heavy atom. The fraction of sp³-hybridized carbons (Fsp3) is 0.353. The van der Waals surface area contributed by atoms with Crippen LogP contribution in [0.5, 0.6) is 0 Å². The van der Waals surface area contributed by atoms with Gasteiger partial charge in [0.2, 0.25) is 0 Å². The summed E-state index contributed by atoms with van der Waals surface area (Å²) in [6.07, 6.45) is 1.75. The van der Waals surface area contributed by atoms with Crippen LogP contribution in [0.4, 0.5) is 54.1 Å². The number of ether oxygens (including phenoxy) is 1. The van der Waals surface area contributed by atoms with Gasteiger partial charge >= 0.3 is 18.4 Å². The summed E-state index contributed by atoms with van der Waals surface area (Å²) in [4.78, 5) is 60.9. The molecule has 2 saturated heterocycles. The number of piperazine rings is 2. The van der Waals surface area contributed by atoms with Crippen molar-refractivity contribution in [3.05, 3.63) is 120 Å². The smallest absolute Gasteiger partial charge is 0.435 e. The first-order valence-corrected chi connectivity index (χ1v) is 24.3. The van der Waals surface area contributed by atoms with Crippen LogP contribution < -0.4 is 16.0 Å². The van der Waals surface area contributed by atoms with Crippen LogP contribution >= 0.6 is 12.4 Å². The zero-order valence-electron chi connectivity index (χ0n) is 43.4. The predicted molar refractivity (Wildman–Crippen MR) is 279 cm³/mol. The van der Waals surface area contributed by atoms with Crippen LogP contribution in [-0.2, 0) is 31.2 Å². The van der Waals surface area contributed by atoms with Gasteiger partial charge in [0.05, 0.1) is 34.9 Å². The average Bonchev–Trinajstić information content (AvgIpc) is 4.29. The molecule has 3 amide bonds. The van der Waals surface area contributed by atoms with E-state index in [0.717, 1.165) is 33.6 Å². The number of nitrogens with zero attached hydrogens (tertiary/aromatic N) is 13. The van der Waals surface area contributed by atoms with Crippen molar-refractivity contribution in [2.75, 3.05) is 63.0 Å². The minimum absolute atomic E-state index is 0. The monoisotopic (exact) mass is 1100 g/mol. The lowest BCUT2D eigenvalue weighted by atomic mass is 10.1. The summed E-state index contributed by atoms with van der Waals surface area (Å²) in [5.74, 6) is 0.554. The molecule has 2 fully saturated rings. The summed E-state index contributed by atoms with van der Waals surface area (Å²) in [6, 6.07) is 10.6. The highest BCUT2D eigenvalue weighted by Crippen LogP contribution is 2.38. The molecule has 6 aromatic heterocycles.